The number of hydrogen-bond acceptors (Lipinski definition) is 3. The predicted molar refractivity (Wildman–Crippen MR) is 75.6 cm³/mol. The van der Waals surface area contributed by atoms with E-state index in [-0.39, 0.29) is 11.9 Å². The molecule has 0 saturated carbocycles. The summed E-state index contributed by atoms with van der Waals surface area (Å²) >= 11 is 7.13. The van der Waals surface area contributed by atoms with Crippen molar-refractivity contribution in [1.82, 2.24) is 10.2 Å². The van der Waals surface area contributed by atoms with Crippen molar-refractivity contribution in [2.75, 3.05) is 13.1 Å². The SMILES string of the molecule is NC(=O)NC[C@@H]1CCCCN1C(=O)c1ccc(Cl)s1. The summed E-state index contributed by atoms with van der Waals surface area (Å²) in [7, 11) is 0. The lowest BCUT2D eigenvalue weighted by atomic mass is 10.0. The number of likely N-dealkylation sites (tertiary alicyclic amines) is 1. The summed E-state index contributed by atoms with van der Waals surface area (Å²) in [5.74, 6) is -0.0205. The van der Waals surface area contributed by atoms with Gasteiger partial charge in [0.15, 0.2) is 0 Å². The maximum absolute atomic E-state index is 12.4. The van der Waals surface area contributed by atoms with Crippen molar-refractivity contribution >= 4 is 34.9 Å². The van der Waals surface area contributed by atoms with Crippen molar-refractivity contribution in [2.24, 2.45) is 5.73 Å². The zero-order chi connectivity index (χ0) is 13.8. The Hall–Kier alpha value is -1.27. The van der Waals surface area contributed by atoms with Crippen molar-refractivity contribution in [1.29, 1.82) is 0 Å². The molecule has 1 aliphatic heterocycles. The van der Waals surface area contributed by atoms with E-state index in [1.165, 1.54) is 11.3 Å². The fourth-order valence-corrected chi connectivity index (χ4v) is 3.27. The molecule has 104 valence electrons. The third-order valence-corrected chi connectivity index (χ3v) is 4.40. The van der Waals surface area contributed by atoms with Crippen LogP contribution in [-0.2, 0) is 0 Å². The first kappa shape index (κ1) is 14.1. The molecule has 0 bridgehead atoms. The summed E-state index contributed by atoms with van der Waals surface area (Å²) in [6.45, 7) is 1.11. The molecule has 2 rings (SSSR count). The van der Waals surface area contributed by atoms with Crippen LogP contribution in [0, 0.1) is 0 Å². The van der Waals surface area contributed by atoms with Crippen LogP contribution in [0.25, 0.3) is 0 Å². The summed E-state index contributed by atoms with van der Waals surface area (Å²) in [5.41, 5.74) is 5.08. The first-order chi connectivity index (χ1) is 9.08. The first-order valence-corrected chi connectivity index (χ1v) is 7.37. The number of rotatable bonds is 3. The minimum absolute atomic E-state index is 0.00891. The third kappa shape index (κ3) is 3.61. The molecule has 1 aromatic rings. The van der Waals surface area contributed by atoms with Gasteiger partial charge in [-0.25, -0.2) is 4.79 Å². The molecule has 3 N–H and O–H groups in total. The number of carbonyl (C=O) groups is 2. The molecule has 0 unspecified atom stereocenters. The number of hydrogen-bond donors (Lipinski definition) is 2. The van der Waals surface area contributed by atoms with Crippen LogP contribution >= 0.6 is 22.9 Å². The van der Waals surface area contributed by atoms with E-state index < -0.39 is 6.03 Å². The topological polar surface area (TPSA) is 75.4 Å². The Morgan fingerprint density at radius 2 is 2.26 bits per heavy atom. The lowest BCUT2D eigenvalue weighted by Gasteiger charge is -2.35. The van der Waals surface area contributed by atoms with Crippen LogP contribution in [-0.4, -0.2) is 36.0 Å². The van der Waals surface area contributed by atoms with Gasteiger partial charge in [-0.1, -0.05) is 11.6 Å². The number of carbonyl (C=O) groups excluding carboxylic acids is 2. The molecule has 5 nitrogen and oxygen atoms in total. The van der Waals surface area contributed by atoms with Crippen LogP contribution in [0.4, 0.5) is 4.79 Å². The Kier molecular flexibility index (Phi) is 4.66. The predicted octanol–water partition coefficient (Wildman–Crippen LogP) is 2.06. The van der Waals surface area contributed by atoms with E-state index in [0.717, 1.165) is 19.3 Å². The van der Waals surface area contributed by atoms with E-state index in [0.29, 0.717) is 22.3 Å². The zero-order valence-electron chi connectivity index (χ0n) is 10.4. The molecule has 1 atom stereocenters. The minimum Gasteiger partial charge on any atom is -0.352 e. The number of piperidine rings is 1. The quantitative estimate of drug-likeness (QED) is 0.896. The first-order valence-electron chi connectivity index (χ1n) is 6.17. The second-order valence-corrected chi connectivity index (χ2v) is 6.21. The molecule has 0 aliphatic carbocycles. The van der Waals surface area contributed by atoms with Gasteiger partial charge in [-0.15, -0.1) is 11.3 Å². The fourth-order valence-electron chi connectivity index (χ4n) is 2.27. The van der Waals surface area contributed by atoms with E-state index in [1.54, 1.807) is 12.1 Å². The maximum Gasteiger partial charge on any atom is 0.312 e. The summed E-state index contributed by atoms with van der Waals surface area (Å²) in [6.07, 6.45) is 2.92. The van der Waals surface area contributed by atoms with E-state index >= 15 is 0 Å². The minimum atomic E-state index is -0.558. The highest BCUT2D eigenvalue weighted by atomic mass is 35.5. The monoisotopic (exact) mass is 301 g/mol. The zero-order valence-corrected chi connectivity index (χ0v) is 12.0. The van der Waals surface area contributed by atoms with Crippen LogP contribution < -0.4 is 11.1 Å². The Morgan fingerprint density at radius 3 is 2.89 bits per heavy atom. The third-order valence-electron chi connectivity index (χ3n) is 3.18. The van der Waals surface area contributed by atoms with E-state index in [1.807, 2.05) is 4.90 Å². The number of nitrogens with one attached hydrogen (secondary N) is 1. The van der Waals surface area contributed by atoms with Gasteiger partial charge >= 0.3 is 6.03 Å². The Bertz CT molecular complexity index is 477. The number of nitrogens with zero attached hydrogens (tertiary/aromatic N) is 1. The summed E-state index contributed by atoms with van der Waals surface area (Å²) < 4.78 is 0.604. The molecule has 7 heteroatoms. The molecule has 19 heavy (non-hydrogen) atoms. The Balaban J connectivity index is 2.06. The molecular formula is C12H16ClN3O2S. The fraction of sp³-hybridized carbons (Fsp3) is 0.500. The number of primary amides is 1. The average Bonchev–Trinajstić information content (AvgIpc) is 2.82. The van der Waals surface area contributed by atoms with Crippen molar-refractivity contribution in [3.8, 4) is 0 Å². The van der Waals surface area contributed by atoms with Crippen LogP contribution in [0.15, 0.2) is 12.1 Å². The second-order valence-electron chi connectivity index (χ2n) is 4.50. The van der Waals surface area contributed by atoms with E-state index in [9.17, 15) is 9.59 Å². The Labute approximate surface area is 120 Å². The maximum atomic E-state index is 12.4. The molecule has 1 saturated heterocycles. The van der Waals surface area contributed by atoms with Gasteiger partial charge in [0.05, 0.1) is 9.21 Å². The summed E-state index contributed by atoms with van der Waals surface area (Å²) in [4.78, 5) is 25.6. The van der Waals surface area contributed by atoms with E-state index in [4.69, 9.17) is 17.3 Å². The van der Waals surface area contributed by atoms with Gasteiger partial charge in [-0.3, -0.25) is 4.79 Å². The molecule has 0 spiro atoms. The molecule has 1 aliphatic rings. The molecule has 0 aromatic carbocycles. The van der Waals surface area contributed by atoms with Crippen LogP contribution in [0.3, 0.4) is 0 Å². The highest BCUT2D eigenvalue weighted by Gasteiger charge is 2.28. The number of urea groups is 1. The lowest BCUT2D eigenvalue weighted by Crippen LogP contribution is -2.50. The summed E-state index contributed by atoms with van der Waals surface area (Å²) in [6, 6.07) is 2.91. The number of halogens is 1. The molecule has 1 fully saturated rings. The van der Waals surface area contributed by atoms with Gasteiger partial charge < -0.3 is 16.0 Å². The standard InChI is InChI=1S/C12H16ClN3O2S/c13-10-5-4-9(19-10)11(17)16-6-2-1-3-8(16)7-15-12(14)18/h4-5,8H,1-3,6-7H2,(H3,14,15,18)/t8-/m0/s1. The van der Waals surface area contributed by atoms with Crippen LogP contribution in [0.5, 0.6) is 0 Å². The highest BCUT2D eigenvalue weighted by Crippen LogP contribution is 2.25. The summed E-state index contributed by atoms with van der Waals surface area (Å²) in [5, 5.41) is 2.58. The normalized spacial score (nSPS) is 19.2. The van der Waals surface area contributed by atoms with Crippen LogP contribution in [0.2, 0.25) is 4.34 Å². The largest absolute Gasteiger partial charge is 0.352 e. The van der Waals surface area contributed by atoms with Crippen molar-refractivity contribution in [3.63, 3.8) is 0 Å². The average molecular weight is 302 g/mol. The van der Waals surface area contributed by atoms with Gasteiger partial charge in [0.1, 0.15) is 0 Å². The molecule has 0 radical (unpaired) electrons. The van der Waals surface area contributed by atoms with Gasteiger partial charge in [-0.2, -0.15) is 0 Å². The second kappa shape index (κ2) is 6.25. The number of nitrogens with two attached hydrogens (primary N) is 1. The van der Waals surface area contributed by atoms with Crippen LogP contribution in [0.1, 0.15) is 28.9 Å². The van der Waals surface area contributed by atoms with Gasteiger partial charge in [-0.05, 0) is 31.4 Å². The molecular weight excluding hydrogens is 286 g/mol. The smallest absolute Gasteiger partial charge is 0.312 e. The highest BCUT2D eigenvalue weighted by molar-refractivity contribution is 7.17. The van der Waals surface area contributed by atoms with Gasteiger partial charge in [0.2, 0.25) is 0 Å². The number of thiophene rings is 1. The molecule has 2 heterocycles. The van der Waals surface area contributed by atoms with Gasteiger partial charge in [0, 0.05) is 19.1 Å². The lowest BCUT2D eigenvalue weighted by molar-refractivity contribution is 0.0620. The molecule has 3 amide bonds. The van der Waals surface area contributed by atoms with Gasteiger partial charge in [0.25, 0.3) is 5.91 Å². The van der Waals surface area contributed by atoms with E-state index in [2.05, 4.69) is 5.32 Å². The van der Waals surface area contributed by atoms with Crippen molar-refractivity contribution in [3.05, 3.63) is 21.3 Å². The number of amides is 3. The molecule has 1 aromatic heterocycles. The van der Waals surface area contributed by atoms with Crippen molar-refractivity contribution in [2.45, 2.75) is 25.3 Å². The van der Waals surface area contributed by atoms with Crippen molar-refractivity contribution < 1.29 is 9.59 Å². The Morgan fingerprint density at radius 1 is 1.47 bits per heavy atom.